The molecular weight excluding hydrogens is 367 g/mol. The molecule has 1 aromatic carbocycles. The number of alkyl halides is 3. The molecule has 0 fully saturated rings. The van der Waals surface area contributed by atoms with E-state index in [0.29, 0.717) is 23.0 Å². The summed E-state index contributed by atoms with van der Waals surface area (Å²) in [5.74, 6) is 0.109. The molecule has 0 bridgehead atoms. The van der Waals surface area contributed by atoms with Crippen LogP contribution in [0.1, 0.15) is 22.8 Å². The number of hydrogen-bond acceptors (Lipinski definition) is 7. The smallest absolute Gasteiger partial charge is 0.471 e. The van der Waals surface area contributed by atoms with Gasteiger partial charge in [-0.2, -0.15) is 18.2 Å². The molecule has 3 aromatic rings. The number of hydrogen-bond donors (Lipinski definition) is 0. The van der Waals surface area contributed by atoms with Gasteiger partial charge in [-0.3, -0.25) is 0 Å². The van der Waals surface area contributed by atoms with E-state index in [1.165, 1.54) is 0 Å². The Bertz CT molecular complexity index is 911. The van der Waals surface area contributed by atoms with Crippen LogP contribution in [0.4, 0.5) is 13.2 Å². The zero-order chi connectivity index (χ0) is 19.6. The van der Waals surface area contributed by atoms with Crippen LogP contribution in [-0.4, -0.2) is 28.5 Å². The summed E-state index contributed by atoms with van der Waals surface area (Å²) >= 11 is 0. The molecular formula is C17H16F3N3O4. The first-order chi connectivity index (χ1) is 12.7. The number of ether oxygens (including phenoxy) is 2. The molecule has 0 aliphatic rings. The quantitative estimate of drug-likeness (QED) is 0.592. The molecule has 0 atom stereocenters. The Hall–Kier alpha value is -3.04. The second kappa shape index (κ2) is 7.29. The van der Waals surface area contributed by atoms with Gasteiger partial charge in [0.1, 0.15) is 24.7 Å². The van der Waals surface area contributed by atoms with Crippen molar-refractivity contribution in [1.29, 1.82) is 0 Å². The number of aryl methyl sites for hydroxylation is 3. The molecule has 10 heteroatoms. The van der Waals surface area contributed by atoms with E-state index in [2.05, 4.69) is 19.8 Å². The highest BCUT2D eigenvalue weighted by atomic mass is 19.4. The van der Waals surface area contributed by atoms with Crippen LogP contribution in [-0.2, 0) is 6.18 Å². The van der Waals surface area contributed by atoms with Crippen molar-refractivity contribution in [3.8, 4) is 23.0 Å². The van der Waals surface area contributed by atoms with Crippen LogP contribution in [0.2, 0.25) is 0 Å². The number of nitrogens with zero attached hydrogens (tertiary/aromatic N) is 3. The van der Waals surface area contributed by atoms with Crippen molar-refractivity contribution < 1.29 is 31.7 Å². The van der Waals surface area contributed by atoms with E-state index in [9.17, 15) is 13.2 Å². The lowest BCUT2D eigenvalue weighted by Crippen LogP contribution is -2.10. The zero-order valence-corrected chi connectivity index (χ0v) is 14.8. The Labute approximate surface area is 152 Å². The molecule has 0 unspecified atom stereocenters. The second-order valence-electron chi connectivity index (χ2n) is 5.83. The predicted molar refractivity (Wildman–Crippen MR) is 86.4 cm³/mol. The van der Waals surface area contributed by atoms with E-state index in [0.717, 1.165) is 11.1 Å². The van der Waals surface area contributed by atoms with Gasteiger partial charge in [0.05, 0.1) is 0 Å². The maximum absolute atomic E-state index is 12.6. The van der Waals surface area contributed by atoms with Crippen LogP contribution in [0.15, 0.2) is 27.2 Å². The van der Waals surface area contributed by atoms with Crippen molar-refractivity contribution in [3.05, 3.63) is 41.0 Å². The lowest BCUT2D eigenvalue weighted by molar-refractivity contribution is -0.159. The Kier molecular flexibility index (Phi) is 5.06. The largest absolute Gasteiger partial charge is 0.489 e. The van der Waals surface area contributed by atoms with Gasteiger partial charge < -0.3 is 18.5 Å². The summed E-state index contributed by atoms with van der Waals surface area (Å²) in [6.45, 7) is 5.82. The van der Waals surface area contributed by atoms with Crippen LogP contribution < -0.4 is 9.47 Å². The third-order valence-corrected chi connectivity index (χ3v) is 3.57. The zero-order valence-electron chi connectivity index (χ0n) is 14.8. The summed E-state index contributed by atoms with van der Waals surface area (Å²) < 4.78 is 58.1. The van der Waals surface area contributed by atoms with Gasteiger partial charge in [0.2, 0.25) is 5.82 Å². The van der Waals surface area contributed by atoms with Crippen molar-refractivity contribution >= 4 is 0 Å². The molecule has 3 rings (SSSR count). The van der Waals surface area contributed by atoms with E-state index < -0.39 is 12.1 Å². The molecule has 0 spiro atoms. The lowest BCUT2D eigenvalue weighted by Gasteiger charge is -2.13. The van der Waals surface area contributed by atoms with Gasteiger partial charge in [-0.15, -0.1) is 0 Å². The third kappa shape index (κ3) is 4.39. The molecule has 0 amide bonds. The van der Waals surface area contributed by atoms with E-state index >= 15 is 0 Å². The average molecular weight is 383 g/mol. The van der Waals surface area contributed by atoms with Crippen LogP contribution >= 0.6 is 0 Å². The lowest BCUT2D eigenvalue weighted by atomic mass is 10.1. The summed E-state index contributed by atoms with van der Waals surface area (Å²) in [5.41, 5.74) is 1.85. The van der Waals surface area contributed by atoms with Gasteiger partial charge in [-0.25, -0.2) is 0 Å². The van der Waals surface area contributed by atoms with E-state index in [4.69, 9.17) is 14.0 Å². The number of benzene rings is 1. The van der Waals surface area contributed by atoms with Gasteiger partial charge in [0.15, 0.2) is 0 Å². The van der Waals surface area contributed by atoms with Crippen LogP contribution in [0.25, 0.3) is 11.4 Å². The monoisotopic (exact) mass is 383 g/mol. The highest BCUT2D eigenvalue weighted by Gasteiger charge is 2.38. The summed E-state index contributed by atoms with van der Waals surface area (Å²) in [6, 6.07) is 4.93. The number of aromatic nitrogens is 3. The topological polar surface area (TPSA) is 83.4 Å². The molecule has 0 saturated carbocycles. The highest BCUT2D eigenvalue weighted by molar-refractivity contribution is 5.61. The molecule has 27 heavy (non-hydrogen) atoms. The highest BCUT2D eigenvalue weighted by Crippen LogP contribution is 2.32. The van der Waals surface area contributed by atoms with Gasteiger partial charge in [0.25, 0.3) is 5.88 Å². The summed E-state index contributed by atoms with van der Waals surface area (Å²) in [5, 5.41) is 7.10. The number of rotatable bonds is 6. The maximum atomic E-state index is 12.6. The fraction of sp³-hybridized carbons (Fsp3) is 0.353. The molecule has 0 N–H and O–H groups in total. The minimum atomic E-state index is -4.68. The maximum Gasteiger partial charge on any atom is 0.471 e. The van der Waals surface area contributed by atoms with Crippen molar-refractivity contribution in [2.45, 2.75) is 26.9 Å². The van der Waals surface area contributed by atoms with Crippen LogP contribution in [0, 0.1) is 20.8 Å². The summed E-state index contributed by atoms with van der Waals surface area (Å²) in [7, 11) is 0. The van der Waals surface area contributed by atoms with Crippen molar-refractivity contribution in [2.75, 3.05) is 13.2 Å². The van der Waals surface area contributed by atoms with Crippen LogP contribution in [0.5, 0.6) is 11.6 Å². The predicted octanol–water partition coefficient (Wildman–Crippen LogP) is 4.13. The average Bonchev–Trinajstić information content (AvgIpc) is 3.22. The van der Waals surface area contributed by atoms with Gasteiger partial charge in [0, 0.05) is 11.6 Å². The van der Waals surface area contributed by atoms with Crippen molar-refractivity contribution in [1.82, 2.24) is 15.3 Å². The molecule has 0 aliphatic carbocycles. The minimum Gasteiger partial charge on any atom is -0.489 e. The SMILES string of the molecule is Cc1cc(OCCOc2c(C)cc(-c3noc(C(F)(F)F)n3)cc2C)no1. The number of halogens is 3. The summed E-state index contributed by atoms with van der Waals surface area (Å²) in [6.07, 6.45) is -4.68. The molecule has 144 valence electrons. The standard InChI is InChI=1S/C17H16F3N3O4/c1-9-6-12(15-21-16(27-23-15)17(18,19)20)7-10(2)14(9)25-5-4-24-13-8-11(3)26-22-13/h6-8H,4-5H2,1-3H3. The molecule has 2 heterocycles. The van der Waals surface area contributed by atoms with E-state index in [-0.39, 0.29) is 19.0 Å². The van der Waals surface area contributed by atoms with E-state index in [1.807, 2.05) is 0 Å². The first-order valence-corrected chi connectivity index (χ1v) is 7.95. The normalized spacial score (nSPS) is 11.6. The fourth-order valence-electron chi connectivity index (χ4n) is 2.46. The summed E-state index contributed by atoms with van der Waals surface area (Å²) in [4.78, 5) is 3.40. The fourth-order valence-corrected chi connectivity index (χ4v) is 2.46. The van der Waals surface area contributed by atoms with E-state index in [1.54, 1.807) is 39.0 Å². The Morgan fingerprint density at radius 3 is 2.15 bits per heavy atom. The third-order valence-electron chi connectivity index (χ3n) is 3.57. The molecule has 7 nitrogen and oxygen atoms in total. The van der Waals surface area contributed by atoms with Crippen molar-refractivity contribution in [2.24, 2.45) is 0 Å². The Balaban J connectivity index is 1.66. The van der Waals surface area contributed by atoms with Gasteiger partial charge in [-0.05, 0) is 49.2 Å². The molecule has 0 radical (unpaired) electrons. The second-order valence-corrected chi connectivity index (χ2v) is 5.83. The molecule has 0 aliphatic heterocycles. The molecule has 2 aromatic heterocycles. The Morgan fingerprint density at radius 1 is 0.926 bits per heavy atom. The van der Waals surface area contributed by atoms with Crippen LogP contribution in [0.3, 0.4) is 0 Å². The minimum absolute atomic E-state index is 0.134. The van der Waals surface area contributed by atoms with Gasteiger partial charge >= 0.3 is 12.1 Å². The van der Waals surface area contributed by atoms with Crippen molar-refractivity contribution in [3.63, 3.8) is 0 Å². The first kappa shape index (κ1) is 18.7. The first-order valence-electron chi connectivity index (χ1n) is 7.95. The van der Waals surface area contributed by atoms with Gasteiger partial charge in [-0.1, -0.05) is 5.16 Å². The molecule has 0 saturated heterocycles. The Morgan fingerprint density at radius 2 is 1.59 bits per heavy atom.